The van der Waals surface area contributed by atoms with Crippen LogP contribution in [0.15, 0.2) is 72.4 Å². The van der Waals surface area contributed by atoms with E-state index in [1.807, 2.05) is 12.1 Å². The Kier molecular flexibility index (Phi) is 7.82. The number of hydrogen-bond acceptors (Lipinski definition) is 5. The second kappa shape index (κ2) is 10.7. The van der Waals surface area contributed by atoms with Gasteiger partial charge < -0.3 is 15.3 Å². The number of carbonyl (C=O) groups is 1. The number of alkyl halides is 3. The van der Waals surface area contributed by atoms with E-state index in [2.05, 4.69) is 10.3 Å². The van der Waals surface area contributed by atoms with Crippen LogP contribution in [0.2, 0.25) is 5.02 Å². The highest BCUT2D eigenvalue weighted by Gasteiger charge is 2.51. The molecule has 1 aliphatic heterocycles. The molecule has 2 aromatic carbocycles. The summed E-state index contributed by atoms with van der Waals surface area (Å²) in [6, 6.07) is 15.9. The van der Waals surface area contributed by atoms with Crippen molar-refractivity contribution in [1.29, 1.82) is 0 Å². The van der Waals surface area contributed by atoms with Gasteiger partial charge in [0.1, 0.15) is 5.25 Å². The summed E-state index contributed by atoms with van der Waals surface area (Å²) in [6.45, 7) is 1.85. The van der Waals surface area contributed by atoms with Gasteiger partial charge in [0.05, 0.1) is 5.52 Å². The number of aliphatic hydroxyl groups is 1. The van der Waals surface area contributed by atoms with Crippen molar-refractivity contribution >= 4 is 45.9 Å². The molecule has 0 aliphatic carbocycles. The summed E-state index contributed by atoms with van der Waals surface area (Å²) < 4.78 is 41.8. The fourth-order valence-corrected chi connectivity index (χ4v) is 5.42. The van der Waals surface area contributed by atoms with Crippen molar-refractivity contribution in [3.63, 3.8) is 0 Å². The van der Waals surface area contributed by atoms with Crippen LogP contribution in [0.5, 0.6) is 0 Å². The van der Waals surface area contributed by atoms with E-state index < -0.39 is 28.6 Å². The molecule has 0 radical (unpaired) electrons. The van der Waals surface area contributed by atoms with Crippen LogP contribution in [-0.2, 0) is 10.5 Å². The molecule has 1 aromatic heterocycles. The molecule has 1 aliphatic rings. The molecule has 0 saturated carbocycles. The molecule has 1 amide bonds. The van der Waals surface area contributed by atoms with E-state index in [9.17, 15) is 23.1 Å². The van der Waals surface area contributed by atoms with Crippen molar-refractivity contribution in [3.05, 3.63) is 83.0 Å². The van der Waals surface area contributed by atoms with E-state index in [0.717, 1.165) is 33.1 Å². The Morgan fingerprint density at radius 2 is 1.94 bits per heavy atom. The summed E-state index contributed by atoms with van der Waals surface area (Å²) in [5, 5.41) is 13.5. The summed E-state index contributed by atoms with van der Waals surface area (Å²) in [6.07, 6.45) is -1.54. The molecular formula is C26H25ClF3N3O2S. The monoisotopic (exact) mass is 535 g/mol. The topological polar surface area (TPSA) is 65.5 Å². The lowest BCUT2D eigenvalue weighted by atomic mass is 10.1. The summed E-state index contributed by atoms with van der Waals surface area (Å²) in [5.74, 6) is -0.709. The fourth-order valence-electron chi connectivity index (χ4n) is 4.16. The molecule has 2 N–H and O–H groups in total. The molecule has 36 heavy (non-hydrogen) atoms. The Hall–Kier alpha value is -2.75. The van der Waals surface area contributed by atoms with Gasteiger partial charge in [0.15, 0.2) is 5.72 Å². The normalized spacial score (nSPS) is 19.0. The van der Waals surface area contributed by atoms with Crippen molar-refractivity contribution in [1.82, 2.24) is 9.88 Å². The zero-order valence-electron chi connectivity index (χ0n) is 19.4. The van der Waals surface area contributed by atoms with Crippen LogP contribution in [0.25, 0.3) is 10.9 Å². The van der Waals surface area contributed by atoms with Gasteiger partial charge in [-0.2, -0.15) is 13.2 Å². The Bertz CT molecular complexity index is 1270. The molecule has 2 atom stereocenters. The van der Waals surface area contributed by atoms with Gasteiger partial charge in [-0.25, -0.2) is 0 Å². The maximum atomic E-state index is 13.9. The summed E-state index contributed by atoms with van der Waals surface area (Å²) >= 11 is 6.66. The predicted molar refractivity (Wildman–Crippen MR) is 138 cm³/mol. The number of carbonyl (C=O) groups excluding carboxylic acids is 1. The number of rotatable bonds is 9. The van der Waals surface area contributed by atoms with Crippen LogP contribution < -0.4 is 5.32 Å². The molecule has 190 valence electrons. The minimum absolute atomic E-state index is 0.0849. The van der Waals surface area contributed by atoms with Crippen LogP contribution in [0.4, 0.5) is 18.9 Å². The van der Waals surface area contributed by atoms with Crippen LogP contribution in [-0.4, -0.2) is 51.1 Å². The first-order valence-corrected chi connectivity index (χ1v) is 12.8. The fraction of sp³-hybridized carbons (Fsp3) is 0.308. The van der Waals surface area contributed by atoms with Gasteiger partial charge in [-0.3, -0.25) is 9.78 Å². The smallest absolute Gasteiger partial charge is 0.384 e. The molecule has 10 heteroatoms. The SMILES string of the molecule is CC1(O)C=C(C(SCc2ccccc2)C(F)(F)F)C(=O)N1CCCNc1ccnc2cc(Cl)ccc12. The van der Waals surface area contributed by atoms with E-state index in [1.54, 1.807) is 48.7 Å². The van der Waals surface area contributed by atoms with E-state index in [-0.39, 0.29) is 12.3 Å². The Morgan fingerprint density at radius 3 is 2.67 bits per heavy atom. The van der Waals surface area contributed by atoms with Crippen LogP contribution in [0, 0.1) is 0 Å². The van der Waals surface area contributed by atoms with E-state index in [0.29, 0.717) is 29.8 Å². The van der Waals surface area contributed by atoms with Crippen molar-refractivity contribution in [2.75, 3.05) is 18.4 Å². The predicted octanol–water partition coefficient (Wildman–Crippen LogP) is 6.03. The third-order valence-electron chi connectivity index (χ3n) is 5.89. The number of benzene rings is 2. The highest BCUT2D eigenvalue weighted by molar-refractivity contribution is 7.99. The number of aromatic nitrogens is 1. The van der Waals surface area contributed by atoms with E-state index in [4.69, 9.17) is 11.6 Å². The second-order valence-corrected chi connectivity index (χ2v) is 10.2. The number of anilines is 1. The Morgan fingerprint density at radius 1 is 1.19 bits per heavy atom. The first kappa shape index (κ1) is 26.3. The van der Waals surface area contributed by atoms with Gasteiger partial charge in [0, 0.05) is 46.7 Å². The maximum Gasteiger partial charge on any atom is 0.404 e. The number of thioether (sulfide) groups is 1. The molecule has 0 fully saturated rings. The molecule has 2 heterocycles. The highest BCUT2D eigenvalue weighted by Crippen LogP contribution is 2.41. The van der Waals surface area contributed by atoms with Crippen molar-refractivity contribution < 1.29 is 23.1 Å². The second-order valence-electron chi connectivity index (χ2n) is 8.67. The average molecular weight is 536 g/mol. The number of halogens is 4. The van der Waals surface area contributed by atoms with Gasteiger partial charge in [0.2, 0.25) is 0 Å². The van der Waals surface area contributed by atoms with Gasteiger partial charge in [-0.15, -0.1) is 11.8 Å². The van der Waals surface area contributed by atoms with Gasteiger partial charge in [-0.05, 0) is 49.2 Å². The lowest BCUT2D eigenvalue weighted by Crippen LogP contribution is -2.45. The highest BCUT2D eigenvalue weighted by atomic mass is 35.5. The average Bonchev–Trinajstić information content (AvgIpc) is 3.04. The van der Waals surface area contributed by atoms with E-state index >= 15 is 0 Å². The molecular weight excluding hydrogens is 511 g/mol. The molecule has 4 rings (SSSR count). The number of nitrogens with zero attached hydrogens (tertiary/aromatic N) is 2. The van der Waals surface area contributed by atoms with Gasteiger partial charge >= 0.3 is 6.18 Å². The number of nitrogens with one attached hydrogen (secondary N) is 1. The van der Waals surface area contributed by atoms with Crippen LogP contribution in [0.3, 0.4) is 0 Å². The first-order valence-electron chi connectivity index (χ1n) is 11.3. The van der Waals surface area contributed by atoms with Crippen LogP contribution in [0.1, 0.15) is 18.9 Å². The largest absolute Gasteiger partial charge is 0.404 e. The van der Waals surface area contributed by atoms with Gasteiger partial charge in [0.25, 0.3) is 5.91 Å². The summed E-state index contributed by atoms with van der Waals surface area (Å²) in [7, 11) is 0. The summed E-state index contributed by atoms with van der Waals surface area (Å²) in [5.41, 5.74) is 0.0417. The molecule has 0 saturated heterocycles. The molecule has 5 nitrogen and oxygen atoms in total. The number of hydrogen-bond donors (Lipinski definition) is 2. The lowest BCUT2D eigenvalue weighted by molar-refractivity contribution is -0.144. The third-order valence-corrected chi connectivity index (χ3v) is 7.48. The van der Waals surface area contributed by atoms with Crippen LogP contribution >= 0.6 is 23.4 Å². The Labute approximate surface area is 216 Å². The number of amides is 1. The minimum atomic E-state index is -4.64. The number of pyridine rings is 1. The van der Waals surface area contributed by atoms with Crippen molar-refractivity contribution in [2.24, 2.45) is 0 Å². The van der Waals surface area contributed by atoms with Crippen molar-refractivity contribution in [2.45, 2.75) is 36.2 Å². The molecule has 2 unspecified atom stereocenters. The zero-order chi connectivity index (χ0) is 25.9. The molecule has 0 spiro atoms. The van der Waals surface area contributed by atoms with E-state index in [1.165, 1.54) is 6.92 Å². The quantitative estimate of drug-likeness (QED) is 0.327. The third kappa shape index (κ3) is 5.96. The molecule has 0 bridgehead atoms. The van der Waals surface area contributed by atoms with Gasteiger partial charge in [-0.1, -0.05) is 41.9 Å². The first-order chi connectivity index (χ1) is 17.1. The summed E-state index contributed by atoms with van der Waals surface area (Å²) in [4.78, 5) is 18.4. The van der Waals surface area contributed by atoms with Crippen molar-refractivity contribution in [3.8, 4) is 0 Å². The zero-order valence-corrected chi connectivity index (χ0v) is 21.0. The number of fused-ring (bicyclic) bond motifs is 1. The molecule has 3 aromatic rings. The standard InChI is InChI=1S/C26H25ClF3N3O2S/c1-25(35)15-20(23(26(28,29)30)36-16-17-6-3-2-4-7-17)24(34)33(25)13-5-11-31-21-10-12-32-22-14-18(27)8-9-19(21)22/h2-4,6-10,12,14-15,23,35H,5,11,13,16H2,1H3,(H,31,32). The Balaban J connectivity index is 1.40. The minimum Gasteiger partial charge on any atom is -0.384 e. The lowest BCUT2D eigenvalue weighted by Gasteiger charge is -2.30. The maximum absolute atomic E-state index is 13.9.